The Morgan fingerprint density at radius 2 is 0.659 bits per heavy atom. The average molecular weight is 563 g/mol. The second-order valence-electron chi connectivity index (χ2n) is 11.0. The van der Waals surface area contributed by atoms with Crippen LogP contribution in [-0.4, -0.2) is 4.57 Å². The first kappa shape index (κ1) is 25.8. The highest BCUT2D eigenvalue weighted by Gasteiger charge is 2.15. The van der Waals surface area contributed by atoms with Crippen molar-refractivity contribution in [1.82, 2.24) is 4.57 Å². The summed E-state index contributed by atoms with van der Waals surface area (Å²) in [5.74, 6) is 0. The van der Waals surface area contributed by atoms with Crippen molar-refractivity contribution in [1.29, 1.82) is 0 Å². The van der Waals surface area contributed by atoms with Gasteiger partial charge in [-0.15, -0.1) is 0 Å². The molecule has 0 aliphatic rings. The van der Waals surface area contributed by atoms with Crippen LogP contribution in [0.2, 0.25) is 0 Å². The maximum atomic E-state index is 2.36. The van der Waals surface area contributed by atoms with Crippen LogP contribution in [-0.2, 0) is 0 Å². The molecule has 44 heavy (non-hydrogen) atoms. The Morgan fingerprint density at radius 1 is 0.295 bits per heavy atom. The smallest absolute Gasteiger partial charge is 0.0541 e. The quantitative estimate of drug-likeness (QED) is 0.196. The third-order valence-corrected chi connectivity index (χ3v) is 8.41. The van der Waals surface area contributed by atoms with Crippen LogP contribution in [0.5, 0.6) is 0 Å². The number of nitrogens with zero attached hydrogens (tertiary/aromatic N) is 2. The van der Waals surface area contributed by atoms with E-state index in [0.29, 0.717) is 0 Å². The molecule has 0 aliphatic heterocycles. The first-order chi connectivity index (χ1) is 21.8. The lowest BCUT2D eigenvalue weighted by Crippen LogP contribution is -2.10. The van der Waals surface area contributed by atoms with E-state index < -0.39 is 0 Å². The molecule has 8 rings (SSSR count). The lowest BCUT2D eigenvalue weighted by molar-refractivity contribution is 1.17. The lowest BCUT2D eigenvalue weighted by Gasteiger charge is -2.26. The summed E-state index contributed by atoms with van der Waals surface area (Å²) in [6, 6.07) is 65.0. The molecule has 0 unspecified atom stereocenters. The Balaban J connectivity index is 1.15. The van der Waals surface area contributed by atoms with Crippen molar-refractivity contribution in [3.63, 3.8) is 0 Å². The number of benzene rings is 7. The first-order valence-corrected chi connectivity index (χ1v) is 15.0. The largest absolute Gasteiger partial charge is 0.311 e. The fraction of sp³-hybridized carbons (Fsp3) is 0. The topological polar surface area (TPSA) is 8.17 Å². The van der Waals surface area contributed by atoms with Crippen LogP contribution in [0.15, 0.2) is 182 Å². The highest BCUT2D eigenvalue weighted by Crippen LogP contribution is 2.37. The molecule has 7 aromatic carbocycles. The van der Waals surface area contributed by atoms with E-state index in [2.05, 4.69) is 191 Å². The highest BCUT2D eigenvalue weighted by atomic mass is 15.1. The molecule has 2 nitrogen and oxygen atoms in total. The third-order valence-electron chi connectivity index (χ3n) is 8.41. The van der Waals surface area contributed by atoms with Crippen molar-refractivity contribution in [2.45, 2.75) is 0 Å². The highest BCUT2D eigenvalue weighted by molar-refractivity contribution is 6.09. The SMILES string of the molecule is c1ccc(-c2ccc(-c3ccc(N(c4ccccc4)c4ccc(-n5c6ccccc6c6ccccc65)cc4)cc3)cc2)cc1. The van der Waals surface area contributed by atoms with Crippen LogP contribution < -0.4 is 4.90 Å². The maximum Gasteiger partial charge on any atom is 0.0541 e. The van der Waals surface area contributed by atoms with Crippen LogP contribution in [0.4, 0.5) is 17.1 Å². The van der Waals surface area contributed by atoms with Gasteiger partial charge in [0.05, 0.1) is 11.0 Å². The molecule has 0 aliphatic carbocycles. The summed E-state index contributed by atoms with van der Waals surface area (Å²) >= 11 is 0. The van der Waals surface area contributed by atoms with Gasteiger partial charge < -0.3 is 9.47 Å². The molecule has 0 radical (unpaired) electrons. The van der Waals surface area contributed by atoms with Crippen molar-refractivity contribution in [2.24, 2.45) is 0 Å². The van der Waals surface area contributed by atoms with Gasteiger partial charge in [-0.05, 0) is 82.9 Å². The normalized spacial score (nSPS) is 11.2. The summed E-state index contributed by atoms with van der Waals surface area (Å²) in [7, 11) is 0. The Labute approximate surface area is 257 Å². The van der Waals surface area contributed by atoms with E-state index in [1.807, 2.05) is 0 Å². The van der Waals surface area contributed by atoms with Crippen molar-refractivity contribution in [3.8, 4) is 27.9 Å². The Bertz CT molecular complexity index is 2120. The molecule has 8 aromatic rings. The summed E-state index contributed by atoms with van der Waals surface area (Å²) in [6.45, 7) is 0. The van der Waals surface area contributed by atoms with Crippen LogP contribution in [0.1, 0.15) is 0 Å². The number of hydrogen-bond donors (Lipinski definition) is 0. The van der Waals surface area contributed by atoms with Gasteiger partial charge in [0.2, 0.25) is 0 Å². The van der Waals surface area contributed by atoms with Crippen molar-refractivity contribution >= 4 is 38.9 Å². The van der Waals surface area contributed by atoms with Crippen molar-refractivity contribution in [2.75, 3.05) is 4.90 Å². The van der Waals surface area contributed by atoms with Gasteiger partial charge in [0.1, 0.15) is 0 Å². The van der Waals surface area contributed by atoms with Crippen LogP contribution in [0, 0.1) is 0 Å². The summed E-state index contributed by atoms with van der Waals surface area (Å²) in [5, 5.41) is 2.54. The van der Waals surface area contributed by atoms with Gasteiger partial charge in [-0.25, -0.2) is 0 Å². The van der Waals surface area contributed by atoms with Gasteiger partial charge in [0, 0.05) is 33.5 Å². The van der Waals surface area contributed by atoms with E-state index in [4.69, 9.17) is 0 Å². The summed E-state index contributed by atoms with van der Waals surface area (Å²) < 4.78 is 2.36. The molecule has 0 fully saturated rings. The second-order valence-corrected chi connectivity index (χ2v) is 11.0. The zero-order chi connectivity index (χ0) is 29.3. The molecule has 0 saturated carbocycles. The summed E-state index contributed by atoms with van der Waals surface area (Å²) in [6.07, 6.45) is 0. The van der Waals surface area contributed by atoms with Gasteiger partial charge in [-0.1, -0.05) is 121 Å². The number of fused-ring (bicyclic) bond motifs is 3. The Morgan fingerprint density at radius 3 is 1.18 bits per heavy atom. The van der Waals surface area contributed by atoms with Crippen LogP contribution in [0.25, 0.3) is 49.7 Å². The number of rotatable bonds is 6. The second kappa shape index (κ2) is 11.1. The van der Waals surface area contributed by atoms with Gasteiger partial charge >= 0.3 is 0 Å². The van der Waals surface area contributed by atoms with Crippen molar-refractivity contribution < 1.29 is 0 Å². The van der Waals surface area contributed by atoms with E-state index in [0.717, 1.165) is 22.7 Å². The summed E-state index contributed by atoms with van der Waals surface area (Å²) in [5.41, 5.74) is 11.8. The lowest BCUT2D eigenvalue weighted by atomic mass is 10.00. The minimum Gasteiger partial charge on any atom is -0.311 e. The van der Waals surface area contributed by atoms with E-state index in [1.54, 1.807) is 0 Å². The fourth-order valence-corrected chi connectivity index (χ4v) is 6.26. The van der Waals surface area contributed by atoms with E-state index >= 15 is 0 Å². The molecule has 0 atom stereocenters. The van der Waals surface area contributed by atoms with E-state index in [-0.39, 0.29) is 0 Å². The van der Waals surface area contributed by atoms with Gasteiger partial charge in [0.25, 0.3) is 0 Å². The first-order valence-electron chi connectivity index (χ1n) is 15.0. The Hall–Kier alpha value is -5.86. The molecule has 0 saturated heterocycles. The van der Waals surface area contributed by atoms with Crippen LogP contribution in [0.3, 0.4) is 0 Å². The zero-order valence-corrected chi connectivity index (χ0v) is 24.2. The van der Waals surface area contributed by atoms with Crippen molar-refractivity contribution in [3.05, 3.63) is 182 Å². The number of anilines is 3. The van der Waals surface area contributed by atoms with Crippen LogP contribution >= 0.6 is 0 Å². The third kappa shape index (κ3) is 4.63. The standard InChI is InChI=1S/C42H30N2/c1-3-11-31(12-4-1)32-19-21-33(22-20-32)34-23-25-36(26-24-34)43(35-13-5-2-6-14-35)37-27-29-38(30-28-37)44-41-17-9-7-15-39(41)40-16-8-10-18-42(40)44/h1-30H. The molecule has 1 heterocycles. The predicted octanol–water partition coefficient (Wildman–Crippen LogP) is 11.6. The van der Waals surface area contributed by atoms with E-state index in [9.17, 15) is 0 Å². The molecular formula is C42H30N2. The minimum absolute atomic E-state index is 1.11. The molecule has 1 aromatic heterocycles. The van der Waals surface area contributed by atoms with E-state index in [1.165, 1.54) is 44.1 Å². The predicted molar refractivity (Wildman–Crippen MR) is 186 cm³/mol. The molecule has 0 N–H and O–H groups in total. The molecule has 2 heteroatoms. The number of hydrogen-bond acceptors (Lipinski definition) is 1. The number of para-hydroxylation sites is 3. The molecular weight excluding hydrogens is 532 g/mol. The monoisotopic (exact) mass is 562 g/mol. The maximum absolute atomic E-state index is 2.36. The van der Waals surface area contributed by atoms with Gasteiger partial charge in [0.15, 0.2) is 0 Å². The zero-order valence-electron chi connectivity index (χ0n) is 24.2. The number of aromatic nitrogens is 1. The minimum atomic E-state index is 1.11. The average Bonchev–Trinajstić information content (AvgIpc) is 3.44. The fourth-order valence-electron chi connectivity index (χ4n) is 6.26. The van der Waals surface area contributed by atoms with Gasteiger partial charge in [-0.2, -0.15) is 0 Å². The Kier molecular flexibility index (Phi) is 6.51. The molecule has 0 spiro atoms. The summed E-state index contributed by atoms with van der Waals surface area (Å²) in [4.78, 5) is 2.32. The molecule has 0 amide bonds. The molecule has 208 valence electrons. The molecule has 0 bridgehead atoms. The van der Waals surface area contributed by atoms with Gasteiger partial charge in [-0.3, -0.25) is 0 Å².